The van der Waals surface area contributed by atoms with Gasteiger partial charge in [0.2, 0.25) is 5.91 Å². The van der Waals surface area contributed by atoms with Crippen LogP contribution < -0.4 is 5.32 Å². The van der Waals surface area contributed by atoms with E-state index in [0.717, 1.165) is 65.1 Å². The zero-order valence-electron chi connectivity index (χ0n) is 15.7. The molecule has 3 aliphatic rings. The van der Waals surface area contributed by atoms with Crippen LogP contribution >= 0.6 is 0 Å². The van der Waals surface area contributed by atoms with E-state index < -0.39 is 0 Å². The zero-order valence-corrected chi connectivity index (χ0v) is 15.7. The van der Waals surface area contributed by atoms with Crippen molar-refractivity contribution in [2.75, 3.05) is 32.8 Å². The number of nitrogens with one attached hydrogen (secondary N) is 1. The molecule has 1 aliphatic carbocycles. The van der Waals surface area contributed by atoms with Crippen molar-refractivity contribution in [1.82, 2.24) is 15.2 Å². The minimum absolute atomic E-state index is 0.196. The molecule has 2 aliphatic heterocycles. The summed E-state index contributed by atoms with van der Waals surface area (Å²) in [5.74, 6) is 1.09. The number of pyridine rings is 1. The lowest BCUT2D eigenvalue weighted by atomic mass is 9.76. The summed E-state index contributed by atoms with van der Waals surface area (Å²) in [5.41, 5.74) is 1.46. The Bertz CT molecular complexity index is 603. The summed E-state index contributed by atoms with van der Waals surface area (Å²) < 4.78 is 5.42. The number of nitrogens with zero attached hydrogens (tertiary/aromatic N) is 2. The molecule has 0 unspecified atom stereocenters. The number of hydrogen-bond acceptors (Lipinski definition) is 4. The van der Waals surface area contributed by atoms with Crippen LogP contribution in [0.25, 0.3) is 0 Å². The van der Waals surface area contributed by atoms with Gasteiger partial charge >= 0.3 is 0 Å². The van der Waals surface area contributed by atoms with Crippen LogP contribution in [0.2, 0.25) is 0 Å². The van der Waals surface area contributed by atoms with E-state index in [1.165, 1.54) is 18.4 Å². The highest BCUT2D eigenvalue weighted by Crippen LogP contribution is 2.50. The molecule has 0 radical (unpaired) electrons. The first kappa shape index (κ1) is 17.9. The van der Waals surface area contributed by atoms with E-state index in [9.17, 15) is 4.79 Å². The topological polar surface area (TPSA) is 54.5 Å². The number of aromatic nitrogens is 1. The summed E-state index contributed by atoms with van der Waals surface area (Å²) >= 11 is 0. The van der Waals surface area contributed by atoms with Crippen LogP contribution in [0, 0.1) is 17.3 Å². The molecule has 5 nitrogen and oxygen atoms in total. The molecule has 0 aromatic carbocycles. The van der Waals surface area contributed by atoms with E-state index in [2.05, 4.69) is 21.3 Å². The van der Waals surface area contributed by atoms with E-state index in [1.54, 1.807) is 0 Å². The van der Waals surface area contributed by atoms with Gasteiger partial charge < -0.3 is 10.1 Å². The van der Waals surface area contributed by atoms with Gasteiger partial charge in [0, 0.05) is 51.2 Å². The minimum atomic E-state index is 0.196. The van der Waals surface area contributed by atoms with E-state index in [4.69, 9.17) is 4.74 Å². The van der Waals surface area contributed by atoms with Crippen LogP contribution in [0.3, 0.4) is 0 Å². The van der Waals surface area contributed by atoms with Gasteiger partial charge in [0.15, 0.2) is 0 Å². The fourth-order valence-corrected chi connectivity index (χ4v) is 5.22. The molecule has 3 heterocycles. The van der Waals surface area contributed by atoms with Gasteiger partial charge in [-0.05, 0) is 61.6 Å². The predicted molar refractivity (Wildman–Crippen MR) is 100 cm³/mol. The molecule has 1 spiro atoms. The SMILES string of the molecule is O=C(NCC1CCOCC1)[C@H]1CCC[C@@]12CCN(Cc1cccnc1)C2. The number of rotatable bonds is 5. The first-order chi connectivity index (χ1) is 12.8. The molecule has 4 rings (SSSR count). The molecule has 3 fully saturated rings. The summed E-state index contributed by atoms with van der Waals surface area (Å²) in [4.78, 5) is 19.7. The molecular formula is C21H31N3O2. The van der Waals surface area contributed by atoms with Crippen LogP contribution in [0.4, 0.5) is 0 Å². The van der Waals surface area contributed by atoms with Crippen LogP contribution in [0.1, 0.15) is 44.1 Å². The van der Waals surface area contributed by atoms with Crippen molar-refractivity contribution in [3.63, 3.8) is 0 Å². The number of hydrogen-bond donors (Lipinski definition) is 1. The molecular weight excluding hydrogens is 326 g/mol. The lowest BCUT2D eigenvalue weighted by molar-refractivity contribution is -0.128. The van der Waals surface area contributed by atoms with Crippen molar-refractivity contribution in [2.24, 2.45) is 17.3 Å². The Morgan fingerprint density at radius 1 is 1.31 bits per heavy atom. The number of amides is 1. The van der Waals surface area contributed by atoms with Gasteiger partial charge in [0.1, 0.15) is 0 Å². The van der Waals surface area contributed by atoms with Gasteiger partial charge in [-0.1, -0.05) is 12.5 Å². The van der Waals surface area contributed by atoms with Gasteiger partial charge in [0.25, 0.3) is 0 Å². The first-order valence-corrected chi connectivity index (χ1v) is 10.2. The highest BCUT2D eigenvalue weighted by molar-refractivity contribution is 5.80. The van der Waals surface area contributed by atoms with Crippen molar-refractivity contribution < 1.29 is 9.53 Å². The Morgan fingerprint density at radius 2 is 2.19 bits per heavy atom. The second-order valence-corrected chi connectivity index (χ2v) is 8.43. The third kappa shape index (κ3) is 3.94. The van der Waals surface area contributed by atoms with Crippen molar-refractivity contribution in [3.05, 3.63) is 30.1 Å². The zero-order chi connectivity index (χ0) is 17.8. The normalized spacial score (nSPS) is 30.1. The third-order valence-electron chi connectivity index (χ3n) is 6.72. The van der Waals surface area contributed by atoms with E-state index >= 15 is 0 Å². The monoisotopic (exact) mass is 357 g/mol. The van der Waals surface area contributed by atoms with Gasteiger partial charge in [-0.3, -0.25) is 14.7 Å². The van der Waals surface area contributed by atoms with Crippen LogP contribution in [-0.4, -0.2) is 48.6 Å². The van der Waals surface area contributed by atoms with Crippen molar-refractivity contribution in [1.29, 1.82) is 0 Å². The number of ether oxygens (including phenoxy) is 1. The average Bonchev–Trinajstić information content (AvgIpc) is 3.28. The highest BCUT2D eigenvalue weighted by Gasteiger charge is 2.50. The molecule has 26 heavy (non-hydrogen) atoms. The Kier molecular flexibility index (Phi) is 5.55. The Balaban J connectivity index is 1.33. The minimum Gasteiger partial charge on any atom is -0.381 e. The van der Waals surface area contributed by atoms with Gasteiger partial charge in [-0.15, -0.1) is 0 Å². The second-order valence-electron chi connectivity index (χ2n) is 8.43. The van der Waals surface area contributed by atoms with Crippen LogP contribution in [0.5, 0.6) is 0 Å². The molecule has 0 bridgehead atoms. The van der Waals surface area contributed by atoms with Crippen molar-refractivity contribution in [2.45, 2.75) is 45.1 Å². The third-order valence-corrected chi connectivity index (χ3v) is 6.72. The highest BCUT2D eigenvalue weighted by atomic mass is 16.5. The maximum Gasteiger partial charge on any atom is 0.223 e. The van der Waals surface area contributed by atoms with Gasteiger partial charge in [-0.25, -0.2) is 0 Å². The molecule has 2 atom stereocenters. The molecule has 1 aromatic heterocycles. The number of carbonyl (C=O) groups excluding carboxylic acids is 1. The van der Waals surface area contributed by atoms with E-state index in [1.807, 2.05) is 18.5 Å². The first-order valence-electron chi connectivity index (χ1n) is 10.2. The summed E-state index contributed by atoms with van der Waals surface area (Å²) in [7, 11) is 0. The van der Waals surface area contributed by atoms with E-state index in [0.29, 0.717) is 11.8 Å². The van der Waals surface area contributed by atoms with E-state index in [-0.39, 0.29) is 11.3 Å². The maximum atomic E-state index is 12.9. The molecule has 1 aromatic rings. The number of carbonyl (C=O) groups is 1. The Hall–Kier alpha value is -1.46. The molecule has 1 amide bonds. The average molecular weight is 357 g/mol. The second kappa shape index (κ2) is 8.05. The fraction of sp³-hybridized carbons (Fsp3) is 0.714. The lowest BCUT2D eigenvalue weighted by Gasteiger charge is -2.31. The fourth-order valence-electron chi connectivity index (χ4n) is 5.22. The lowest BCUT2D eigenvalue weighted by Crippen LogP contribution is -2.42. The molecule has 1 saturated carbocycles. The Labute approximate surface area is 156 Å². The molecule has 142 valence electrons. The largest absolute Gasteiger partial charge is 0.381 e. The summed E-state index contributed by atoms with van der Waals surface area (Å²) in [6.45, 7) is 5.62. The van der Waals surface area contributed by atoms with Crippen molar-refractivity contribution in [3.8, 4) is 0 Å². The van der Waals surface area contributed by atoms with Crippen LogP contribution in [-0.2, 0) is 16.1 Å². The summed E-state index contributed by atoms with van der Waals surface area (Å²) in [5, 5.41) is 3.29. The molecule has 1 N–H and O–H groups in total. The maximum absolute atomic E-state index is 12.9. The standard InChI is InChI=1S/C21H31N3O2/c25-20(23-14-17-5-11-26-12-6-17)19-4-1-7-21(19)8-10-24(16-21)15-18-3-2-9-22-13-18/h2-3,9,13,17,19H,1,4-8,10-12,14-16H2,(H,23,25)/t19-,21+/m1/s1. The quantitative estimate of drug-likeness (QED) is 0.880. The molecule has 5 heteroatoms. The number of likely N-dealkylation sites (tertiary alicyclic amines) is 1. The smallest absolute Gasteiger partial charge is 0.223 e. The van der Waals surface area contributed by atoms with Gasteiger partial charge in [-0.2, -0.15) is 0 Å². The predicted octanol–water partition coefficient (Wildman–Crippen LogP) is 2.62. The van der Waals surface area contributed by atoms with Crippen molar-refractivity contribution >= 4 is 5.91 Å². The molecule has 2 saturated heterocycles. The summed E-state index contributed by atoms with van der Waals surface area (Å²) in [6.07, 6.45) is 10.5. The Morgan fingerprint density at radius 3 is 3.00 bits per heavy atom. The van der Waals surface area contributed by atoms with Crippen LogP contribution in [0.15, 0.2) is 24.5 Å². The van der Waals surface area contributed by atoms with Gasteiger partial charge in [0.05, 0.1) is 0 Å². The summed E-state index contributed by atoms with van der Waals surface area (Å²) in [6, 6.07) is 4.15.